The predicted molar refractivity (Wildman–Crippen MR) is 153 cm³/mol. The number of carboxylic acids is 1. The van der Waals surface area contributed by atoms with Gasteiger partial charge < -0.3 is 25.0 Å². The molecule has 9 nitrogen and oxygen atoms in total. The fraction of sp³-hybridized carbons (Fsp3) is 0.290. The maximum atomic E-state index is 12.7. The number of likely N-dealkylation sites (N-methyl/N-ethyl adjacent to an activating group) is 1. The minimum absolute atomic E-state index is 0.0440. The number of carbonyl (C=O) groups excluding carboxylic acids is 1. The summed E-state index contributed by atoms with van der Waals surface area (Å²) >= 11 is 0. The molecule has 4 rings (SSSR count). The van der Waals surface area contributed by atoms with E-state index in [4.69, 9.17) is 9.63 Å². The average Bonchev–Trinajstić information content (AvgIpc) is 3.43. The van der Waals surface area contributed by atoms with E-state index in [2.05, 4.69) is 36.2 Å². The van der Waals surface area contributed by atoms with Crippen LogP contribution in [0.4, 0.5) is 5.69 Å². The maximum absolute atomic E-state index is 12.7. The Kier molecular flexibility index (Phi) is 8.64. The molecular formula is C31H34N4O5. The van der Waals surface area contributed by atoms with Crippen molar-refractivity contribution in [3.05, 3.63) is 89.5 Å². The van der Waals surface area contributed by atoms with Gasteiger partial charge in [0.2, 0.25) is 5.82 Å². The topological polar surface area (TPSA) is 129 Å². The molecular weight excluding hydrogens is 508 g/mol. The number of aliphatic carboxylic acids is 1. The van der Waals surface area contributed by atoms with Crippen LogP contribution in [0.5, 0.6) is 0 Å². The zero-order valence-corrected chi connectivity index (χ0v) is 23.1. The summed E-state index contributed by atoms with van der Waals surface area (Å²) in [5.74, 6) is -0.763. The van der Waals surface area contributed by atoms with Crippen molar-refractivity contribution in [2.75, 3.05) is 25.1 Å². The van der Waals surface area contributed by atoms with Gasteiger partial charge in [-0.25, -0.2) is 4.79 Å². The zero-order chi connectivity index (χ0) is 28.9. The van der Waals surface area contributed by atoms with Gasteiger partial charge in [-0.15, -0.1) is 0 Å². The average molecular weight is 543 g/mol. The third-order valence-electron chi connectivity index (χ3n) is 6.68. The van der Waals surface area contributed by atoms with Crippen LogP contribution in [0.15, 0.2) is 77.3 Å². The summed E-state index contributed by atoms with van der Waals surface area (Å²) in [5.41, 5.74) is 4.64. The number of benzene rings is 3. The molecule has 0 saturated carbocycles. The lowest BCUT2D eigenvalue weighted by Crippen LogP contribution is -2.42. The van der Waals surface area contributed by atoms with Crippen LogP contribution in [-0.2, 0) is 16.6 Å². The van der Waals surface area contributed by atoms with E-state index in [1.807, 2.05) is 48.3 Å². The first-order valence-electron chi connectivity index (χ1n) is 13.0. The first-order chi connectivity index (χ1) is 19.0. The highest BCUT2D eigenvalue weighted by Crippen LogP contribution is 2.25. The van der Waals surface area contributed by atoms with Gasteiger partial charge in [0.25, 0.3) is 11.8 Å². The number of hydrogen-bond donors (Lipinski definition) is 3. The molecule has 1 unspecified atom stereocenters. The van der Waals surface area contributed by atoms with Crippen molar-refractivity contribution in [2.24, 2.45) is 0 Å². The Morgan fingerprint density at radius 3 is 2.15 bits per heavy atom. The SMILES string of the molecule is CN(CCO)c1ccc(-c2nc(-c3ccc(CC(NC(=O)c4ccc(C(C)(C)C)cc4)C(=O)O)cc3)no2)cc1. The van der Waals surface area contributed by atoms with E-state index in [1.54, 1.807) is 36.4 Å². The van der Waals surface area contributed by atoms with Gasteiger partial charge in [0.1, 0.15) is 6.04 Å². The molecule has 1 amide bonds. The fourth-order valence-corrected chi connectivity index (χ4v) is 4.18. The summed E-state index contributed by atoms with van der Waals surface area (Å²) in [5, 5.41) is 25.6. The summed E-state index contributed by atoms with van der Waals surface area (Å²) in [4.78, 5) is 31.1. The van der Waals surface area contributed by atoms with E-state index < -0.39 is 17.9 Å². The summed E-state index contributed by atoms with van der Waals surface area (Å²) in [6, 6.07) is 20.9. The second-order valence-electron chi connectivity index (χ2n) is 10.7. The maximum Gasteiger partial charge on any atom is 0.326 e. The van der Waals surface area contributed by atoms with Crippen molar-refractivity contribution in [1.29, 1.82) is 0 Å². The lowest BCUT2D eigenvalue weighted by Gasteiger charge is -2.19. The molecule has 1 aromatic heterocycles. The molecule has 0 spiro atoms. The summed E-state index contributed by atoms with van der Waals surface area (Å²) in [6.45, 7) is 6.87. The molecule has 3 aromatic carbocycles. The van der Waals surface area contributed by atoms with Gasteiger partial charge in [-0.3, -0.25) is 4.79 Å². The van der Waals surface area contributed by atoms with Gasteiger partial charge in [-0.05, 0) is 52.9 Å². The van der Waals surface area contributed by atoms with E-state index in [-0.39, 0.29) is 18.4 Å². The molecule has 9 heteroatoms. The van der Waals surface area contributed by atoms with Crippen LogP contribution in [-0.4, -0.2) is 58.5 Å². The Balaban J connectivity index is 1.41. The second kappa shape index (κ2) is 12.1. The number of anilines is 1. The third kappa shape index (κ3) is 6.92. The van der Waals surface area contributed by atoms with Crippen LogP contribution in [0.3, 0.4) is 0 Å². The summed E-state index contributed by atoms with van der Waals surface area (Å²) < 4.78 is 5.45. The van der Waals surface area contributed by atoms with Gasteiger partial charge in [-0.2, -0.15) is 4.98 Å². The number of carbonyl (C=O) groups is 2. The number of carboxylic acid groups (broad SMARTS) is 1. The summed E-state index contributed by atoms with van der Waals surface area (Å²) in [6.07, 6.45) is 0.121. The van der Waals surface area contributed by atoms with Crippen molar-refractivity contribution in [3.8, 4) is 22.8 Å². The highest BCUT2D eigenvalue weighted by atomic mass is 16.5. The number of hydrogen-bond acceptors (Lipinski definition) is 7. The van der Waals surface area contributed by atoms with E-state index >= 15 is 0 Å². The second-order valence-corrected chi connectivity index (χ2v) is 10.7. The van der Waals surface area contributed by atoms with Gasteiger partial charge in [0.05, 0.1) is 6.61 Å². The molecule has 1 atom stereocenters. The Hall–Kier alpha value is -4.50. The number of aromatic nitrogens is 2. The van der Waals surface area contributed by atoms with E-state index in [9.17, 15) is 14.7 Å². The molecule has 40 heavy (non-hydrogen) atoms. The highest BCUT2D eigenvalue weighted by molar-refractivity contribution is 5.96. The van der Waals surface area contributed by atoms with Crippen LogP contribution < -0.4 is 10.2 Å². The molecule has 0 saturated heterocycles. The van der Waals surface area contributed by atoms with Gasteiger partial charge >= 0.3 is 5.97 Å². The van der Waals surface area contributed by atoms with Crippen molar-refractivity contribution in [1.82, 2.24) is 15.5 Å². The lowest BCUT2D eigenvalue weighted by atomic mass is 9.86. The number of rotatable bonds is 10. The number of aliphatic hydroxyl groups excluding tert-OH is 1. The molecule has 0 bridgehead atoms. The lowest BCUT2D eigenvalue weighted by molar-refractivity contribution is -0.139. The molecule has 1 heterocycles. The molecule has 0 aliphatic rings. The first kappa shape index (κ1) is 28.5. The zero-order valence-electron chi connectivity index (χ0n) is 23.1. The van der Waals surface area contributed by atoms with Gasteiger partial charge in [0.15, 0.2) is 0 Å². The molecule has 4 aromatic rings. The smallest absolute Gasteiger partial charge is 0.326 e. The minimum atomic E-state index is -1.11. The van der Waals surface area contributed by atoms with Crippen LogP contribution in [0, 0.1) is 0 Å². The van der Waals surface area contributed by atoms with Gasteiger partial charge in [-0.1, -0.05) is 62.3 Å². The van der Waals surface area contributed by atoms with Crippen LogP contribution in [0.2, 0.25) is 0 Å². The normalized spacial score (nSPS) is 12.1. The molecule has 0 aliphatic carbocycles. The number of amides is 1. The van der Waals surface area contributed by atoms with Crippen LogP contribution >= 0.6 is 0 Å². The Morgan fingerprint density at radius 1 is 0.950 bits per heavy atom. The third-order valence-corrected chi connectivity index (χ3v) is 6.68. The van der Waals surface area contributed by atoms with Crippen molar-refractivity contribution >= 4 is 17.6 Å². The predicted octanol–water partition coefficient (Wildman–Crippen LogP) is 4.56. The summed E-state index contributed by atoms with van der Waals surface area (Å²) in [7, 11) is 1.90. The number of aliphatic hydroxyl groups is 1. The van der Waals surface area contributed by atoms with Crippen LogP contribution in [0.25, 0.3) is 22.8 Å². The Labute approximate surface area is 233 Å². The molecule has 0 fully saturated rings. The fourth-order valence-electron chi connectivity index (χ4n) is 4.18. The quantitative estimate of drug-likeness (QED) is 0.266. The van der Waals surface area contributed by atoms with E-state index in [0.29, 0.717) is 29.4 Å². The molecule has 0 radical (unpaired) electrons. The largest absolute Gasteiger partial charge is 0.480 e. The monoisotopic (exact) mass is 542 g/mol. The highest BCUT2D eigenvalue weighted by Gasteiger charge is 2.22. The van der Waals surface area contributed by atoms with Crippen molar-refractivity contribution in [3.63, 3.8) is 0 Å². The standard InChI is InChI=1S/C31H34N4O5/c1-31(2,3)24-13-9-22(10-14-24)28(37)32-26(30(38)39)19-20-5-7-21(8-6-20)27-33-29(40-34-27)23-11-15-25(16-12-23)35(4)17-18-36/h5-16,26,36H,17-19H2,1-4H3,(H,32,37)(H,38,39). The van der Waals surface area contributed by atoms with E-state index in [0.717, 1.165) is 22.4 Å². The van der Waals surface area contributed by atoms with Gasteiger partial charge in [0, 0.05) is 42.4 Å². The van der Waals surface area contributed by atoms with Crippen LogP contribution in [0.1, 0.15) is 42.3 Å². The Morgan fingerprint density at radius 2 is 1.57 bits per heavy atom. The Bertz CT molecular complexity index is 1440. The first-order valence-corrected chi connectivity index (χ1v) is 13.0. The number of nitrogens with zero attached hydrogens (tertiary/aromatic N) is 3. The van der Waals surface area contributed by atoms with Crippen molar-refractivity contribution in [2.45, 2.75) is 38.6 Å². The minimum Gasteiger partial charge on any atom is -0.480 e. The molecule has 0 aliphatic heterocycles. The van der Waals surface area contributed by atoms with Crippen molar-refractivity contribution < 1.29 is 24.3 Å². The molecule has 3 N–H and O–H groups in total. The molecule has 208 valence electrons. The number of nitrogens with one attached hydrogen (secondary N) is 1. The van der Waals surface area contributed by atoms with E-state index in [1.165, 1.54) is 0 Å².